The standard InChI is InChI=1S/C25H29N3O6S/c1-27-19-6-5-17(14-23(29)28-8-10-32-11-9-28)34-21(19)15-33-20-7-4-16(13-18(20)25(27)31)26-24(30)22-3-2-12-35-22/h2-4,7,12-13,17,19,21H,5-6,8-11,14-15H2,1H3,(H,26,30)/t17-,19-,21-/m0/s1. The SMILES string of the molecule is CN1C(=O)c2cc(NC(=O)c3cccs3)ccc2OC[C@@H]2O[C@H](CC(=O)N3CCOCC3)CC[C@@H]21. The number of carbonyl (C=O) groups excluding carboxylic acids is 3. The lowest BCUT2D eigenvalue weighted by molar-refractivity contribution is -0.146. The molecule has 1 aromatic heterocycles. The number of carbonyl (C=O) groups is 3. The summed E-state index contributed by atoms with van der Waals surface area (Å²) >= 11 is 1.36. The van der Waals surface area contributed by atoms with Crippen LogP contribution in [-0.4, -0.2) is 85.7 Å². The van der Waals surface area contributed by atoms with Gasteiger partial charge in [-0.3, -0.25) is 14.4 Å². The van der Waals surface area contributed by atoms with Crippen molar-refractivity contribution in [3.8, 4) is 5.75 Å². The fourth-order valence-electron chi connectivity index (χ4n) is 4.84. The summed E-state index contributed by atoms with van der Waals surface area (Å²) in [5.74, 6) is 0.124. The number of hydrogen-bond acceptors (Lipinski definition) is 7. The van der Waals surface area contributed by atoms with Crippen molar-refractivity contribution in [2.24, 2.45) is 0 Å². The van der Waals surface area contributed by atoms with Gasteiger partial charge in [0.25, 0.3) is 11.8 Å². The van der Waals surface area contributed by atoms with E-state index in [4.69, 9.17) is 14.2 Å². The van der Waals surface area contributed by atoms with Gasteiger partial charge < -0.3 is 29.3 Å². The highest BCUT2D eigenvalue weighted by atomic mass is 32.1. The van der Waals surface area contributed by atoms with Gasteiger partial charge >= 0.3 is 0 Å². The number of nitrogens with one attached hydrogen (secondary N) is 1. The molecule has 3 aliphatic rings. The van der Waals surface area contributed by atoms with Gasteiger partial charge in [-0.1, -0.05) is 6.07 Å². The molecular weight excluding hydrogens is 470 g/mol. The van der Waals surface area contributed by atoms with E-state index < -0.39 is 0 Å². The molecule has 3 aliphatic heterocycles. The molecule has 2 fully saturated rings. The molecule has 3 atom stereocenters. The summed E-state index contributed by atoms with van der Waals surface area (Å²) in [6.07, 6.45) is 1.21. The van der Waals surface area contributed by atoms with Gasteiger partial charge in [-0.25, -0.2) is 0 Å². The van der Waals surface area contributed by atoms with Crippen molar-refractivity contribution in [1.82, 2.24) is 9.80 Å². The van der Waals surface area contributed by atoms with Crippen LogP contribution < -0.4 is 10.1 Å². The van der Waals surface area contributed by atoms with Crippen LogP contribution in [0.1, 0.15) is 39.3 Å². The molecule has 1 aromatic carbocycles. The highest BCUT2D eigenvalue weighted by molar-refractivity contribution is 7.12. The average Bonchev–Trinajstić information content (AvgIpc) is 3.42. The summed E-state index contributed by atoms with van der Waals surface area (Å²) in [7, 11) is 1.77. The molecule has 3 amide bonds. The second-order valence-corrected chi connectivity index (χ2v) is 9.96. The quantitative estimate of drug-likeness (QED) is 0.695. The van der Waals surface area contributed by atoms with Crippen molar-refractivity contribution in [3.05, 3.63) is 46.2 Å². The van der Waals surface area contributed by atoms with E-state index in [-0.39, 0.29) is 42.6 Å². The van der Waals surface area contributed by atoms with E-state index in [1.54, 1.807) is 36.2 Å². The Morgan fingerprint density at radius 2 is 2.00 bits per heavy atom. The molecule has 0 aliphatic carbocycles. The highest BCUT2D eigenvalue weighted by Crippen LogP contribution is 2.33. The smallest absolute Gasteiger partial charge is 0.265 e. The van der Waals surface area contributed by atoms with E-state index in [1.807, 2.05) is 16.3 Å². The number of benzene rings is 1. The monoisotopic (exact) mass is 499 g/mol. The Labute approximate surface area is 207 Å². The Hall–Kier alpha value is -2.95. The average molecular weight is 500 g/mol. The number of rotatable bonds is 4. The van der Waals surface area contributed by atoms with Gasteiger partial charge in [-0.15, -0.1) is 11.3 Å². The Bertz CT molecular complexity index is 1080. The number of amides is 3. The number of hydrogen-bond donors (Lipinski definition) is 1. The number of likely N-dealkylation sites (N-methyl/N-ethyl adjacent to an activating group) is 1. The van der Waals surface area contributed by atoms with Crippen molar-refractivity contribution in [1.29, 1.82) is 0 Å². The highest BCUT2D eigenvalue weighted by Gasteiger charge is 2.39. The third-order valence-corrected chi connectivity index (χ3v) is 7.65. The summed E-state index contributed by atoms with van der Waals surface area (Å²) < 4.78 is 17.6. The third kappa shape index (κ3) is 5.19. The second kappa shape index (κ2) is 10.3. The van der Waals surface area contributed by atoms with Crippen LogP contribution >= 0.6 is 11.3 Å². The maximum atomic E-state index is 13.4. The fraction of sp³-hybridized carbons (Fsp3) is 0.480. The number of morpholine rings is 1. The zero-order chi connectivity index (χ0) is 24.4. The normalized spacial score (nSPS) is 24.5. The van der Waals surface area contributed by atoms with Gasteiger partial charge in [-0.05, 0) is 42.5 Å². The molecule has 0 spiro atoms. The molecule has 5 rings (SSSR count). The largest absolute Gasteiger partial charge is 0.490 e. The number of nitrogens with zero attached hydrogens (tertiary/aromatic N) is 2. The first-order valence-electron chi connectivity index (χ1n) is 11.9. The van der Waals surface area contributed by atoms with Crippen LogP contribution in [-0.2, 0) is 14.3 Å². The van der Waals surface area contributed by atoms with Gasteiger partial charge in [0, 0.05) is 25.8 Å². The van der Waals surface area contributed by atoms with Gasteiger partial charge in [0.05, 0.1) is 42.2 Å². The van der Waals surface area contributed by atoms with Gasteiger partial charge in [0.2, 0.25) is 5.91 Å². The van der Waals surface area contributed by atoms with Gasteiger partial charge in [-0.2, -0.15) is 0 Å². The molecule has 186 valence electrons. The van der Waals surface area contributed by atoms with Crippen LogP contribution in [0, 0.1) is 0 Å². The Morgan fingerprint density at radius 3 is 2.77 bits per heavy atom. The third-order valence-electron chi connectivity index (χ3n) is 6.78. The number of thiophene rings is 1. The molecule has 2 saturated heterocycles. The molecule has 0 unspecified atom stereocenters. The van der Waals surface area contributed by atoms with E-state index in [0.29, 0.717) is 61.0 Å². The van der Waals surface area contributed by atoms with E-state index in [9.17, 15) is 14.4 Å². The molecule has 1 N–H and O–H groups in total. The van der Waals surface area contributed by atoms with Gasteiger partial charge in [0.1, 0.15) is 18.5 Å². The summed E-state index contributed by atoms with van der Waals surface area (Å²) in [6, 6.07) is 8.50. The minimum Gasteiger partial charge on any atom is -0.490 e. The van der Waals surface area contributed by atoms with Crippen LogP contribution in [0.3, 0.4) is 0 Å². The lowest BCUT2D eigenvalue weighted by atomic mass is 9.94. The lowest BCUT2D eigenvalue weighted by Gasteiger charge is -2.42. The summed E-state index contributed by atoms with van der Waals surface area (Å²) in [4.78, 5) is 42.6. The number of ether oxygens (including phenoxy) is 3. The first kappa shape index (κ1) is 23.8. The van der Waals surface area contributed by atoms with Crippen molar-refractivity contribution in [2.75, 3.05) is 45.3 Å². The minimum absolute atomic E-state index is 0.0791. The molecule has 0 saturated carbocycles. The Morgan fingerprint density at radius 1 is 1.17 bits per heavy atom. The van der Waals surface area contributed by atoms with Crippen molar-refractivity contribution in [2.45, 2.75) is 37.5 Å². The number of anilines is 1. The topological polar surface area (TPSA) is 97.4 Å². The Kier molecular flexibility index (Phi) is 7.03. The maximum Gasteiger partial charge on any atom is 0.265 e. The molecule has 35 heavy (non-hydrogen) atoms. The molecule has 0 radical (unpaired) electrons. The molecule has 9 nitrogen and oxygen atoms in total. The zero-order valence-corrected chi connectivity index (χ0v) is 20.4. The fourth-order valence-corrected chi connectivity index (χ4v) is 5.46. The Balaban J connectivity index is 1.27. The summed E-state index contributed by atoms with van der Waals surface area (Å²) in [5, 5.41) is 4.69. The van der Waals surface area contributed by atoms with Gasteiger partial charge in [0.15, 0.2) is 0 Å². The predicted molar refractivity (Wildman–Crippen MR) is 130 cm³/mol. The molecule has 0 bridgehead atoms. The van der Waals surface area contributed by atoms with E-state index in [2.05, 4.69) is 5.32 Å². The molecule has 2 aromatic rings. The van der Waals surface area contributed by atoms with Crippen molar-refractivity contribution >= 4 is 34.7 Å². The van der Waals surface area contributed by atoms with Crippen molar-refractivity contribution < 1.29 is 28.6 Å². The summed E-state index contributed by atoms with van der Waals surface area (Å²) in [6.45, 7) is 2.65. The first-order chi connectivity index (χ1) is 17.0. The van der Waals surface area contributed by atoms with E-state index >= 15 is 0 Å². The summed E-state index contributed by atoms with van der Waals surface area (Å²) in [5.41, 5.74) is 0.936. The first-order valence-corrected chi connectivity index (χ1v) is 12.8. The van der Waals surface area contributed by atoms with Crippen LogP contribution in [0.2, 0.25) is 0 Å². The lowest BCUT2D eigenvalue weighted by Crippen LogP contribution is -2.54. The van der Waals surface area contributed by atoms with E-state index in [1.165, 1.54) is 11.3 Å². The minimum atomic E-state index is -0.327. The van der Waals surface area contributed by atoms with Crippen LogP contribution in [0.4, 0.5) is 5.69 Å². The van der Waals surface area contributed by atoms with Crippen LogP contribution in [0.25, 0.3) is 0 Å². The predicted octanol–water partition coefficient (Wildman–Crippen LogP) is 2.63. The zero-order valence-electron chi connectivity index (χ0n) is 19.6. The second-order valence-electron chi connectivity index (χ2n) is 9.01. The molecule has 10 heteroatoms. The van der Waals surface area contributed by atoms with Crippen LogP contribution in [0.15, 0.2) is 35.7 Å². The van der Waals surface area contributed by atoms with Crippen LogP contribution in [0.5, 0.6) is 5.75 Å². The maximum absolute atomic E-state index is 13.4. The molecular formula is C25H29N3O6S. The molecule has 4 heterocycles. The van der Waals surface area contributed by atoms with Crippen molar-refractivity contribution in [3.63, 3.8) is 0 Å². The number of fused-ring (bicyclic) bond motifs is 2. The van der Waals surface area contributed by atoms with E-state index in [0.717, 1.165) is 6.42 Å².